The van der Waals surface area contributed by atoms with Crippen LogP contribution in [0.5, 0.6) is 0 Å². The van der Waals surface area contributed by atoms with Gasteiger partial charge in [0.05, 0.1) is 12.7 Å². The molecule has 0 atom stereocenters. The third kappa shape index (κ3) is 2.88. The van der Waals surface area contributed by atoms with Crippen molar-refractivity contribution in [3.05, 3.63) is 29.8 Å². The first-order valence-corrected chi connectivity index (χ1v) is 6.04. The van der Waals surface area contributed by atoms with E-state index in [-0.39, 0.29) is 12.5 Å². The summed E-state index contributed by atoms with van der Waals surface area (Å²) in [6, 6.07) is 9.02. The van der Waals surface area contributed by atoms with Crippen molar-refractivity contribution in [1.29, 1.82) is 5.26 Å². The number of hydrogen-bond acceptors (Lipinski definition) is 3. The Morgan fingerprint density at radius 2 is 1.89 bits per heavy atom. The van der Waals surface area contributed by atoms with E-state index < -0.39 is 5.41 Å². The van der Waals surface area contributed by atoms with Crippen LogP contribution in [-0.2, 0) is 11.4 Å². The molecule has 18 heavy (non-hydrogen) atoms. The average Bonchev–Trinajstić information content (AvgIpc) is 2.42. The van der Waals surface area contributed by atoms with Crippen LogP contribution in [0.4, 0.5) is 5.69 Å². The second kappa shape index (κ2) is 6.18. The summed E-state index contributed by atoms with van der Waals surface area (Å²) in [6.07, 6.45) is 0.973. The highest BCUT2D eigenvalue weighted by Crippen LogP contribution is 2.27. The first-order valence-electron chi connectivity index (χ1n) is 6.04. The van der Waals surface area contributed by atoms with Crippen LogP contribution in [0.25, 0.3) is 0 Å². The lowest BCUT2D eigenvalue weighted by Gasteiger charge is -2.22. The normalized spacial score (nSPS) is 10.8. The quantitative estimate of drug-likeness (QED) is 0.838. The van der Waals surface area contributed by atoms with Gasteiger partial charge in [-0.1, -0.05) is 26.0 Å². The van der Waals surface area contributed by atoms with Crippen LogP contribution in [0.3, 0.4) is 0 Å². The molecule has 0 aromatic heterocycles. The lowest BCUT2D eigenvalue weighted by molar-refractivity contribution is -0.123. The Hall–Kier alpha value is -1.86. The molecule has 96 valence electrons. The Balaban J connectivity index is 2.83. The molecule has 1 amide bonds. The SMILES string of the molecule is CCC(C#N)(CC)C(=O)Nc1ccc(CO)cc1. The zero-order valence-corrected chi connectivity index (χ0v) is 10.7. The Morgan fingerprint density at radius 3 is 2.28 bits per heavy atom. The number of benzene rings is 1. The van der Waals surface area contributed by atoms with Crippen molar-refractivity contribution >= 4 is 11.6 Å². The molecule has 0 aliphatic heterocycles. The number of rotatable bonds is 5. The first kappa shape index (κ1) is 14.2. The molecular formula is C14H18N2O2. The first-order chi connectivity index (χ1) is 8.61. The number of aliphatic hydroxyl groups excluding tert-OH is 1. The topological polar surface area (TPSA) is 73.1 Å². The van der Waals surface area contributed by atoms with Crippen molar-refractivity contribution in [1.82, 2.24) is 0 Å². The Morgan fingerprint density at radius 1 is 1.33 bits per heavy atom. The molecule has 1 aromatic carbocycles. The lowest BCUT2D eigenvalue weighted by Crippen LogP contribution is -2.33. The van der Waals surface area contributed by atoms with Crippen molar-refractivity contribution in [2.24, 2.45) is 5.41 Å². The number of carbonyl (C=O) groups is 1. The van der Waals surface area contributed by atoms with Gasteiger partial charge in [0.2, 0.25) is 5.91 Å². The third-order valence-corrected chi connectivity index (χ3v) is 3.25. The van der Waals surface area contributed by atoms with E-state index >= 15 is 0 Å². The van der Waals surface area contributed by atoms with Gasteiger partial charge >= 0.3 is 0 Å². The maximum Gasteiger partial charge on any atom is 0.244 e. The van der Waals surface area contributed by atoms with Crippen LogP contribution in [0.2, 0.25) is 0 Å². The predicted molar refractivity (Wildman–Crippen MR) is 69.6 cm³/mol. The van der Waals surface area contributed by atoms with Crippen LogP contribution in [0.1, 0.15) is 32.3 Å². The molecule has 0 aliphatic rings. The van der Waals surface area contributed by atoms with E-state index in [0.717, 1.165) is 5.56 Å². The largest absolute Gasteiger partial charge is 0.392 e. The second-order valence-corrected chi connectivity index (χ2v) is 4.21. The summed E-state index contributed by atoms with van der Waals surface area (Å²) in [5.41, 5.74) is 0.458. The van der Waals surface area contributed by atoms with Crippen molar-refractivity contribution < 1.29 is 9.90 Å². The minimum absolute atomic E-state index is 0.0275. The van der Waals surface area contributed by atoms with E-state index in [0.29, 0.717) is 18.5 Å². The summed E-state index contributed by atoms with van der Waals surface area (Å²) in [5, 5.41) is 20.8. The van der Waals surface area contributed by atoms with Gasteiger partial charge in [-0.2, -0.15) is 5.26 Å². The fraction of sp³-hybridized carbons (Fsp3) is 0.429. The van der Waals surface area contributed by atoms with Gasteiger partial charge in [0.25, 0.3) is 0 Å². The highest BCUT2D eigenvalue weighted by Gasteiger charge is 2.34. The summed E-state index contributed by atoms with van der Waals surface area (Å²) < 4.78 is 0. The average molecular weight is 246 g/mol. The lowest BCUT2D eigenvalue weighted by atomic mass is 9.83. The molecule has 0 aliphatic carbocycles. The molecule has 0 radical (unpaired) electrons. The van der Waals surface area contributed by atoms with Gasteiger partial charge in [-0.25, -0.2) is 0 Å². The van der Waals surface area contributed by atoms with Crippen LogP contribution in [-0.4, -0.2) is 11.0 Å². The summed E-state index contributed by atoms with van der Waals surface area (Å²) in [7, 11) is 0. The minimum atomic E-state index is -0.963. The molecule has 0 saturated heterocycles. The standard InChI is InChI=1S/C14H18N2O2/c1-3-14(4-2,10-15)13(18)16-12-7-5-11(9-17)6-8-12/h5-8,17H,3-4,9H2,1-2H3,(H,16,18). The van der Waals surface area contributed by atoms with Crippen LogP contribution >= 0.6 is 0 Å². The predicted octanol–water partition coefficient (Wildman–Crippen LogP) is 2.45. The monoisotopic (exact) mass is 246 g/mol. The molecule has 0 spiro atoms. The summed E-state index contributed by atoms with van der Waals surface area (Å²) in [4.78, 5) is 12.1. The Labute approximate surface area is 107 Å². The molecule has 0 saturated carbocycles. The van der Waals surface area contributed by atoms with Crippen molar-refractivity contribution in [2.45, 2.75) is 33.3 Å². The van der Waals surface area contributed by atoms with Gasteiger partial charge < -0.3 is 10.4 Å². The van der Waals surface area contributed by atoms with Gasteiger partial charge in [-0.15, -0.1) is 0 Å². The molecule has 0 unspecified atom stereocenters. The van der Waals surface area contributed by atoms with Crippen molar-refractivity contribution in [3.63, 3.8) is 0 Å². The van der Waals surface area contributed by atoms with Crippen LogP contribution in [0, 0.1) is 16.7 Å². The third-order valence-electron chi connectivity index (χ3n) is 3.25. The van der Waals surface area contributed by atoms with Crippen molar-refractivity contribution in [2.75, 3.05) is 5.32 Å². The van der Waals surface area contributed by atoms with E-state index in [1.807, 2.05) is 13.8 Å². The van der Waals surface area contributed by atoms with Crippen LogP contribution in [0.15, 0.2) is 24.3 Å². The summed E-state index contributed by atoms with van der Waals surface area (Å²) in [5.74, 6) is -0.272. The number of aliphatic hydroxyl groups is 1. The van der Waals surface area contributed by atoms with Gasteiger partial charge in [-0.05, 0) is 30.5 Å². The summed E-state index contributed by atoms with van der Waals surface area (Å²) >= 11 is 0. The Bertz CT molecular complexity index is 442. The fourth-order valence-electron chi connectivity index (χ4n) is 1.72. The molecule has 1 aromatic rings. The molecule has 1 rings (SSSR count). The zero-order valence-electron chi connectivity index (χ0n) is 10.7. The highest BCUT2D eigenvalue weighted by molar-refractivity contribution is 5.97. The molecule has 0 bridgehead atoms. The molecule has 4 nitrogen and oxygen atoms in total. The van der Waals surface area contributed by atoms with E-state index in [9.17, 15) is 4.79 Å². The van der Waals surface area contributed by atoms with Gasteiger partial charge in [-0.3, -0.25) is 4.79 Å². The van der Waals surface area contributed by atoms with Crippen LogP contribution < -0.4 is 5.32 Å². The number of carbonyl (C=O) groups excluding carboxylic acids is 1. The minimum Gasteiger partial charge on any atom is -0.392 e. The van der Waals surface area contributed by atoms with E-state index in [1.165, 1.54) is 0 Å². The molecular weight excluding hydrogens is 228 g/mol. The number of nitrogens with zero attached hydrogens (tertiary/aromatic N) is 1. The maximum absolute atomic E-state index is 12.1. The van der Waals surface area contributed by atoms with Gasteiger partial charge in [0, 0.05) is 5.69 Å². The van der Waals surface area contributed by atoms with Crippen molar-refractivity contribution in [3.8, 4) is 6.07 Å². The molecule has 0 fully saturated rings. The summed E-state index contributed by atoms with van der Waals surface area (Å²) in [6.45, 7) is 3.64. The maximum atomic E-state index is 12.1. The molecule has 0 heterocycles. The van der Waals surface area contributed by atoms with E-state index in [2.05, 4.69) is 11.4 Å². The number of hydrogen-bond donors (Lipinski definition) is 2. The van der Waals surface area contributed by atoms with Gasteiger partial charge in [0.15, 0.2) is 0 Å². The smallest absolute Gasteiger partial charge is 0.244 e. The molecule has 2 N–H and O–H groups in total. The van der Waals surface area contributed by atoms with Gasteiger partial charge in [0.1, 0.15) is 5.41 Å². The number of nitrogens with one attached hydrogen (secondary N) is 1. The molecule has 4 heteroatoms. The Kier molecular flexibility index (Phi) is 4.87. The van der Waals surface area contributed by atoms with E-state index in [1.54, 1.807) is 24.3 Å². The number of nitriles is 1. The second-order valence-electron chi connectivity index (χ2n) is 4.21. The fourth-order valence-corrected chi connectivity index (χ4v) is 1.72. The number of anilines is 1. The highest BCUT2D eigenvalue weighted by atomic mass is 16.3. The number of amides is 1. The zero-order chi connectivity index (χ0) is 13.6. The van der Waals surface area contributed by atoms with E-state index in [4.69, 9.17) is 10.4 Å².